The van der Waals surface area contributed by atoms with E-state index in [1.54, 1.807) is 103 Å². The SMILES string of the molecule is CCC(CC)C(C1CCC2CCCCC2C1)C1CCCCC1CCCC(CC(C)C1CCCC1)C1CCCCC1. The average molecular weight is 553 g/mol. The fourth-order valence-electron chi connectivity index (χ4n) is 12.3. The van der Waals surface area contributed by atoms with E-state index in [1.807, 2.05) is 0 Å². The highest BCUT2D eigenvalue weighted by atomic mass is 14.5. The third-order valence-electron chi connectivity index (χ3n) is 14.5. The minimum atomic E-state index is 0.992. The molecule has 232 valence electrons. The Bertz CT molecular complexity index is 678. The van der Waals surface area contributed by atoms with Crippen LogP contribution in [0.2, 0.25) is 0 Å². The molecule has 5 fully saturated rings. The molecule has 0 amide bonds. The molecule has 0 spiro atoms. The maximum absolute atomic E-state index is 2.66. The Hall–Kier alpha value is 0. The van der Waals surface area contributed by atoms with Crippen molar-refractivity contribution in [3.8, 4) is 0 Å². The molecule has 5 aliphatic carbocycles. The topological polar surface area (TPSA) is 0 Å². The van der Waals surface area contributed by atoms with Crippen molar-refractivity contribution in [1.29, 1.82) is 0 Å². The van der Waals surface area contributed by atoms with Gasteiger partial charge in [-0.05, 0) is 97.2 Å². The molecule has 5 saturated carbocycles. The van der Waals surface area contributed by atoms with Crippen molar-refractivity contribution >= 4 is 0 Å². The lowest BCUT2D eigenvalue weighted by atomic mass is 9.56. The van der Waals surface area contributed by atoms with Gasteiger partial charge >= 0.3 is 0 Å². The molecule has 40 heavy (non-hydrogen) atoms. The van der Waals surface area contributed by atoms with Crippen molar-refractivity contribution in [1.82, 2.24) is 0 Å². The number of rotatable bonds is 13. The van der Waals surface area contributed by atoms with Crippen LogP contribution in [0.15, 0.2) is 0 Å². The molecule has 0 saturated heterocycles. The van der Waals surface area contributed by atoms with Gasteiger partial charge in [0.25, 0.3) is 0 Å². The van der Waals surface area contributed by atoms with Gasteiger partial charge in [0.05, 0.1) is 0 Å². The van der Waals surface area contributed by atoms with Gasteiger partial charge < -0.3 is 0 Å². The van der Waals surface area contributed by atoms with Crippen LogP contribution in [0.5, 0.6) is 0 Å². The highest BCUT2D eigenvalue weighted by molar-refractivity contribution is 4.93. The molecule has 5 rings (SSSR count). The van der Waals surface area contributed by atoms with Crippen LogP contribution in [0.1, 0.15) is 188 Å². The molecule has 0 heterocycles. The lowest BCUT2D eigenvalue weighted by Gasteiger charge is -2.49. The number of hydrogen-bond donors (Lipinski definition) is 0. The molecule has 5 aliphatic rings. The minimum Gasteiger partial charge on any atom is -0.0651 e. The summed E-state index contributed by atoms with van der Waals surface area (Å²) < 4.78 is 0. The average Bonchev–Trinajstić information content (AvgIpc) is 3.55. The predicted octanol–water partition coefficient (Wildman–Crippen LogP) is 13.0. The number of fused-ring (bicyclic) bond motifs is 1. The van der Waals surface area contributed by atoms with Crippen molar-refractivity contribution in [2.75, 3.05) is 0 Å². The maximum Gasteiger partial charge on any atom is -0.0326 e. The van der Waals surface area contributed by atoms with E-state index in [2.05, 4.69) is 20.8 Å². The molecule has 0 aliphatic heterocycles. The first-order valence-corrected chi connectivity index (χ1v) is 19.7. The molecule has 0 bridgehead atoms. The van der Waals surface area contributed by atoms with Gasteiger partial charge in [-0.25, -0.2) is 0 Å². The van der Waals surface area contributed by atoms with Crippen molar-refractivity contribution in [2.24, 2.45) is 65.1 Å². The molecular formula is C40H72. The van der Waals surface area contributed by atoms with Crippen molar-refractivity contribution in [2.45, 2.75) is 188 Å². The van der Waals surface area contributed by atoms with Gasteiger partial charge in [-0.2, -0.15) is 0 Å². The third kappa shape index (κ3) is 8.13. The summed E-state index contributed by atoms with van der Waals surface area (Å²) in [7, 11) is 0. The zero-order chi connectivity index (χ0) is 27.7. The monoisotopic (exact) mass is 553 g/mol. The van der Waals surface area contributed by atoms with E-state index in [0.717, 1.165) is 65.1 Å². The Morgan fingerprint density at radius 1 is 0.575 bits per heavy atom. The van der Waals surface area contributed by atoms with E-state index in [-0.39, 0.29) is 0 Å². The molecule has 0 aromatic heterocycles. The molecule has 0 N–H and O–H groups in total. The summed E-state index contributed by atoms with van der Waals surface area (Å²) in [4.78, 5) is 0. The minimum absolute atomic E-state index is 0.992. The summed E-state index contributed by atoms with van der Waals surface area (Å²) in [5, 5.41) is 0. The highest BCUT2D eigenvalue weighted by Crippen LogP contribution is 2.53. The van der Waals surface area contributed by atoms with E-state index in [0.29, 0.717) is 0 Å². The fourth-order valence-corrected chi connectivity index (χ4v) is 12.3. The van der Waals surface area contributed by atoms with Crippen molar-refractivity contribution in [3.63, 3.8) is 0 Å². The van der Waals surface area contributed by atoms with Crippen LogP contribution in [-0.4, -0.2) is 0 Å². The quantitative estimate of drug-likeness (QED) is 0.213. The van der Waals surface area contributed by atoms with Crippen LogP contribution in [0, 0.1) is 65.1 Å². The Labute approximate surface area is 252 Å². The van der Waals surface area contributed by atoms with E-state index < -0.39 is 0 Å². The normalized spacial score (nSPS) is 35.0. The van der Waals surface area contributed by atoms with Gasteiger partial charge in [0, 0.05) is 0 Å². The zero-order valence-electron chi connectivity index (χ0n) is 27.7. The summed E-state index contributed by atoms with van der Waals surface area (Å²) in [6.07, 6.45) is 40.3. The smallest absolute Gasteiger partial charge is 0.0326 e. The van der Waals surface area contributed by atoms with E-state index in [9.17, 15) is 0 Å². The highest BCUT2D eigenvalue weighted by Gasteiger charge is 2.43. The van der Waals surface area contributed by atoms with Crippen LogP contribution >= 0.6 is 0 Å². The molecule has 8 unspecified atom stereocenters. The fraction of sp³-hybridized carbons (Fsp3) is 1.00. The standard InChI is InChI=1S/C40H72/c1-4-31(5-2)40(38-27-26-34-20-11-12-22-37(34)29-38)39-25-14-13-21-35(39)23-15-24-36(33-18-7-6-8-19-33)28-30(3)32-16-9-10-17-32/h30-40H,4-29H2,1-3H3. The van der Waals surface area contributed by atoms with Gasteiger partial charge in [0.2, 0.25) is 0 Å². The van der Waals surface area contributed by atoms with E-state index >= 15 is 0 Å². The van der Waals surface area contributed by atoms with Crippen LogP contribution in [-0.2, 0) is 0 Å². The molecular weight excluding hydrogens is 480 g/mol. The summed E-state index contributed by atoms with van der Waals surface area (Å²) in [5.41, 5.74) is 0. The lowest BCUT2D eigenvalue weighted by Crippen LogP contribution is -2.40. The first kappa shape index (κ1) is 31.4. The predicted molar refractivity (Wildman–Crippen MR) is 175 cm³/mol. The first-order chi connectivity index (χ1) is 19.7. The van der Waals surface area contributed by atoms with Gasteiger partial charge in [-0.15, -0.1) is 0 Å². The van der Waals surface area contributed by atoms with Crippen LogP contribution in [0.3, 0.4) is 0 Å². The third-order valence-corrected chi connectivity index (χ3v) is 14.5. The maximum atomic E-state index is 2.66. The molecule has 0 aromatic rings. The first-order valence-electron chi connectivity index (χ1n) is 19.7. The Balaban J connectivity index is 1.22. The summed E-state index contributed by atoms with van der Waals surface area (Å²) in [6, 6.07) is 0. The van der Waals surface area contributed by atoms with Gasteiger partial charge in [0.1, 0.15) is 0 Å². The zero-order valence-corrected chi connectivity index (χ0v) is 27.7. The Kier molecular flexibility index (Phi) is 12.7. The van der Waals surface area contributed by atoms with E-state index in [1.165, 1.54) is 64.2 Å². The Morgan fingerprint density at radius 2 is 1.20 bits per heavy atom. The van der Waals surface area contributed by atoms with Gasteiger partial charge in [0.15, 0.2) is 0 Å². The second-order valence-electron chi connectivity index (χ2n) is 16.6. The second-order valence-corrected chi connectivity index (χ2v) is 16.6. The van der Waals surface area contributed by atoms with Crippen LogP contribution < -0.4 is 0 Å². The summed E-state index contributed by atoms with van der Waals surface area (Å²) in [5.74, 6) is 11.6. The summed E-state index contributed by atoms with van der Waals surface area (Å²) in [6.45, 7) is 7.75. The molecule has 0 aromatic carbocycles. The lowest BCUT2D eigenvalue weighted by molar-refractivity contribution is 0.00926. The molecule has 0 nitrogen and oxygen atoms in total. The molecule has 8 atom stereocenters. The number of hydrogen-bond acceptors (Lipinski definition) is 0. The van der Waals surface area contributed by atoms with Crippen LogP contribution in [0.4, 0.5) is 0 Å². The second kappa shape index (κ2) is 16.2. The van der Waals surface area contributed by atoms with Crippen molar-refractivity contribution in [3.05, 3.63) is 0 Å². The summed E-state index contributed by atoms with van der Waals surface area (Å²) >= 11 is 0. The largest absolute Gasteiger partial charge is 0.0651 e. The van der Waals surface area contributed by atoms with E-state index in [4.69, 9.17) is 0 Å². The molecule has 0 radical (unpaired) electrons. The van der Waals surface area contributed by atoms with Gasteiger partial charge in [-0.1, -0.05) is 156 Å². The van der Waals surface area contributed by atoms with Crippen LogP contribution in [0.25, 0.3) is 0 Å². The molecule has 0 heteroatoms. The van der Waals surface area contributed by atoms with Gasteiger partial charge in [-0.3, -0.25) is 0 Å². The van der Waals surface area contributed by atoms with Crippen molar-refractivity contribution < 1.29 is 0 Å². The Morgan fingerprint density at radius 3 is 1.95 bits per heavy atom.